The van der Waals surface area contributed by atoms with Gasteiger partial charge in [-0.15, -0.1) is 0 Å². The van der Waals surface area contributed by atoms with Crippen molar-refractivity contribution in [2.45, 2.75) is 30.7 Å². The Morgan fingerprint density at radius 3 is 2.11 bits per heavy atom. The van der Waals surface area contributed by atoms with Gasteiger partial charge in [-0.25, -0.2) is 9.59 Å². The Morgan fingerprint density at radius 1 is 0.936 bits per heavy atom. The summed E-state index contributed by atoms with van der Waals surface area (Å²) in [5.41, 5.74) is 1.86. The molecule has 1 aromatic heterocycles. The monoisotopic (exact) mass is 691 g/mol. The number of rotatable bonds is 5. The molecule has 2 aliphatic heterocycles. The molecule has 11 nitrogen and oxygen atoms in total. The Kier molecular flexibility index (Phi) is 12.0. The number of benzene rings is 2. The number of nitrogens with zero attached hydrogens (tertiary/aromatic N) is 3. The van der Waals surface area contributed by atoms with E-state index < -0.39 is 29.8 Å². The van der Waals surface area contributed by atoms with Gasteiger partial charge in [0.1, 0.15) is 5.54 Å². The van der Waals surface area contributed by atoms with Gasteiger partial charge in [-0.1, -0.05) is 35.9 Å². The Balaban J connectivity index is 0.000000360. The summed E-state index contributed by atoms with van der Waals surface area (Å²) < 4.78 is 63.5. The van der Waals surface area contributed by atoms with Crippen LogP contribution in [0.1, 0.15) is 23.2 Å². The van der Waals surface area contributed by atoms with E-state index in [-0.39, 0.29) is 11.8 Å². The second-order valence-electron chi connectivity index (χ2n) is 10.2. The lowest BCUT2D eigenvalue weighted by Gasteiger charge is -2.43. The van der Waals surface area contributed by atoms with Crippen molar-refractivity contribution in [3.63, 3.8) is 0 Å². The number of halogens is 7. The largest absolute Gasteiger partial charge is 0.490 e. The highest BCUT2D eigenvalue weighted by atomic mass is 35.5. The maximum atomic E-state index is 12.8. The van der Waals surface area contributed by atoms with Crippen molar-refractivity contribution in [2.75, 3.05) is 37.7 Å². The average molecular weight is 692 g/mol. The van der Waals surface area contributed by atoms with E-state index in [1.54, 1.807) is 6.20 Å². The SMILES string of the molecule is O=C(NCCN1CCC2(CC1)C(=O)NCN2c1cccc(Cl)c1)c1cnc2ccccc2c1.O=C(O)C(F)(F)F.O=C(O)C(F)(F)F. The van der Waals surface area contributed by atoms with E-state index in [0.29, 0.717) is 23.8 Å². The van der Waals surface area contributed by atoms with Crippen molar-refractivity contribution in [1.82, 2.24) is 20.5 Å². The van der Waals surface area contributed by atoms with Crippen LogP contribution in [-0.4, -0.2) is 94.6 Å². The third-order valence-corrected chi connectivity index (χ3v) is 7.43. The van der Waals surface area contributed by atoms with Crippen molar-refractivity contribution in [1.29, 1.82) is 0 Å². The van der Waals surface area contributed by atoms with Crippen LogP contribution < -0.4 is 15.5 Å². The van der Waals surface area contributed by atoms with E-state index in [0.717, 1.165) is 49.1 Å². The summed E-state index contributed by atoms with van der Waals surface area (Å²) in [6, 6.07) is 17.3. The van der Waals surface area contributed by atoms with Crippen LogP contribution in [0.3, 0.4) is 0 Å². The molecular weight excluding hydrogens is 664 g/mol. The van der Waals surface area contributed by atoms with Gasteiger partial charge in [-0.2, -0.15) is 26.3 Å². The minimum Gasteiger partial charge on any atom is -0.475 e. The summed E-state index contributed by atoms with van der Waals surface area (Å²) in [6.45, 7) is 3.36. The van der Waals surface area contributed by atoms with E-state index in [2.05, 4.69) is 25.4 Å². The first kappa shape index (κ1) is 36.8. The predicted octanol–water partition coefficient (Wildman–Crippen LogP) is 4.31. The number of nitrogens with one attached hydrogen (secondary N) is 2. The number of para-hydroxylation sites is 1. The van der Waals surface area contributed by atoms with E-state index >= 15 is 0 Å². The first-order valence-corrected chi connectivity index (χ1v) is 14.1. The van der Waals surface area contributed by atoms with Gasteiger partial charge in [-0.3, -0.25) is 14.6 Å². The number of likely N-dealkylation sites (tertiary alicyclic amines) is 1. The van der Waals surface area contributed by atoms with Crippen molar-refractivity contribution in [2.24, 2.45) is 0 Å². The second kappa shape index (κ2) is 15.3. The number of aromatic nitrogens is 1. The smallest absolute Gasteiger partial charge is 0.475 e. The lowest BCUT2D eigenvalue weighted by Crippen LogP contribution is -2.57. The van der Waals surface area contributed by atoms with Gasteiger partial charge in [0.25, 0.3) is 5.91 Å². The third-order valence-electron chi connectivity index (χ3n) is 7.19. The first-order chi connectivity index (χ1) is 21.9. The Bertz CT molecular complexity index is 1570. The topological polar surface area (TPSA) is 152 Å². The number of alkyl halides is 6. The summed E-state index contributed by atoms with van der Waals surface area (Å²) >= 11 is 6.19. The number of pyridine rings is 1. The first-order valence-electron chi connectivity index (χ1n) is 13.7. The molecule has 4 N–H and O–H groups in total. The number of aliphatic carboxylic acids is 2. The number of anilines is 1. The fourth-order valence-corrected chi connectivity index (χ4v) is 5.02. The molecule has 3 heterocycles. The highest BCUT2D eigenvalue weighted by Gasteiger charge is 2.50. The minimum atomic E-state index is -5.08. The third kappa shape index (κ3) is 9.92. The van der Waals surface area contributed by atoms with E-state index in [1.165, 1.54) is 0 Å². The van der Waals surface area contributed by atoms with Crippen molar-refractivity contribution >= 4 is 51.9 Å². The molecule has 0 aliphatic carbocycles. The summed E-state index contributed by atoms with van der Waals surface area (Å²) in [5, 5.41) is 21.9. The average Bonchev–Trinajstić information content (AvgIpc) is 3.32. The molecule has 2 aliphatic rings. The number of hydrogen-bond acceptors (Lipinski definition) is 7. The highest BCUT2D eigenvalue weighted by molar-refractivity contribution is 6.30. The molecule has 2 aromatic carbocycles. The zero-order chi connectivity index (χ0) is 35.0. The van der Waals surface area contributed by atoms with Crippen LogP contribution >= 0.6 is 11.6 Å². The minimum absolute atomic E-state index is 0.0826. The van der Waals surface area contributed by atoms with Crippen LogP contribution in [0, 0.1) is 0 Å². The standard InChI is InChI=1S/C25H26ClN5O2.2C2HF3O2/c26-20-5-3-6-21(15-20)31-17-29-24(33)25(31)8-11-30(12-9-25)13-10-27-23(32)19-14-18-4-1-2-7-22(18)28-16-19;2*3-2(4,5)1(6)7/h1-7,14-16H,8-13,17H2,(H,27,32)(H,29,33);2*(H,6,7). The summed E-state index contributed by atoms with van der Waals surface area (Å²) in [5.74, 6) is -5.55. The number of carbonyl (C=O) groups is 4. The van der Waals surface area contributed by atoms with Gasteiger partial charge in [0.15, 0.2) is 0 Å². The molecule has 0 saturated carbocycles. The van der Waals surface area contributed by atoms with Gasteiger partial charge >= 0.3 is 24.3 Å². The van der Waals surface area contributed by atoms with Gasteiger partial charge < -0.3 is 30.6 Å². The lowest BCUT2D eigenvalue weighted by atomic mass is 9.85. The number of hydrogen-bond donors (Lipinski definition) is 4. The zero-order valence-corrected chi connectivity index (χ0v) is 25.0. The van der Waals surface area contributed by atoms with E-state index in [9.17, 15) is 35.9 Å². The van der Waals surface area contributed by atoms with Crippen LogP contribution in [-0.2, 0) is 14.4 Å². The normalized spacial score (nSPS) is 16.0. The van der Waals surface area contributed by atoms with Crippen molar-refractivity contribution in [3.05, 3.63) is 71.4 Å². The molecule has 2 amide bonds. The number of piperidine rings is 1. The van der Waals surface area contributed by atoms with Crippen LogP contribution in [0.5, 0.6) is 0 Å². The van der Waals surface area contributed by atoms with Crippen LogP contribution in [0.4, 0.5) is 32.0 Å². The van der Waals surface area contributed by atoms with Gasteiger partial charge in [-0.05, 0) is 43.2 Å². The predicted molar refractivity (Wildman–Crippen MR) is 157 cm³/mol. The lowest BCUT2D eigenvalue weighted by molar-refractivity contribution is -0.193. The maximum Gasteiger partial charge on any atom is 0.490 e. The molecule has 2 fully saturated rings. The van der Waals surface area contributed by atoms with Gasteiger partial charge in [0, 0.05) is 48.5 Å². The molecule has 5 rings (SSSR count). The summed E-state index contributed by atoms with van der Waals surface area (Å²) in [4.78, 5) is 52.0. The number of carboxylic acid groups (broad SMARTS) is 2. The highest BCUT2D eigenvalue weighted by Crippen LogP contribution is 2.37. The van der Waals surface area contributed by atoms with Crippen LogP contribution in [0.25, 0.3) is 10.9 Å². The molecule has 0 bridgehead atoms. The summed E-state index contributed by atoms with van der Waals surface area (Å²) in [7, 11) is 0. The maximum absolute atomic E-state index is 12.8. The Hall–Kier alpha value is -4.64. The molecule has 0 unspecified atom stereocenters. The number of carboxylic acids is 2. The van der Waals surface area contributed by atoms with Gasteiger partial charge in [0.2, 0.25) is 5.91 Å². The Morgan fingerprint density at radius 2 is 1.53 bits per heavy atom. The number of carbonyl (C=O) groups excluding carboxylic acids is 2. The Labute approximate surface area is 268 Å². The van der Waals surface area contributed by atoms with Crippen LogP contribution in [0.15, 0.2) is 60.8 Å². The molecule has 0 atom stereocenters. The van der Waals surface area contributed by atoms with Crippen molar-refractivity contribution in [3.8, 4) is 0 Å². The molecule has 2 saturated heterocycles. The number of fused-ring (bicyclic) bond motifs is 1. The zero-order valence-electron chi connectivity index (χ0n) is 24.2. The van der Waals surface area contributed by atoms with Crippen molar-refractivity contribution < 1.29 is 55.7 Å². The second-order valence-corrected chi connectivity index (χ2v) is 10.7. The fraction of sp³-hybridized carbons (Fsp3) is 0.345. The van der Waals surface area contributed by atoms with Gasteiger partial charge in [0.05, 0.1) is 17.7 Å². The molecular formula is C29H28ClF6N5O6. The molecule has 254 valence electrons. The van der Waals surface area contributed by atoms with E-state index in [1.807, 2.05) is 54.6 Å². The van der Waals surface area contributed by atoms with Crippen LogP contribution in [0.2, 0.25) is 5.02 Å². The molecule has 18 heteroatoms. The molecule has 47 heavy (non-hydrogen) atoms. The number of amides is 2. The van der Waals surface area contributed by atoms with E-state index in [4.69, 9.17) is 31.4 Å². The molecule has 1 spiro atoms. The molecule has 3 aromatic rings. The molecule has 0 radical (unpaired) electrons. The quantitative estimate of drug-likeness (QED) is 0.287. The summed E-state index contributed by atoms with van der Waals surface area (Å²) in [6.07, 6.45) is -7.09. The fourth-order valence-electron chi connectivity index (χ4n) is 4.84.